The van der Waals surface area contributed by atoms with Gasteiger partial charge in [0.1, 0.15) is 17.1 Å². The van der Waals surface area contributed by atoms with Crippen molar-refractivity contribution in [1.29, 1.82) is 0 Å². The number of nitrogens with one attached hydrogen (secondary N) is 2. The Morgan fingerprint density at radius 2 is 1.69 bits per heavy atom. The lowest BCUT2D eigenvalue weighted by atomic mass is 10.1. The molecule has 36 heavy (non-hydrogen) atoms. The van der Waals surface area contributed by atoms with Crippen LogP contribution in [0.3, 0.4) is 0 Å². The van der Waals surface area contributed by atoms with Gasteiger partial charge in [-0.1, -0.05) is 74.9 Å². The summed E-state index contributed by atoms with van der Waals surface area (Å²) in [6.07, 6.45) is 2.47. The summed E-state index contributed by atoms with van der Waals surface area (Å²) in [6, 6.07) is 17.5. The molecule has 9 heteroatoms. The monoisotopic (exact) mass is 508 g/mol. The van der Waals surface area contributed by atoms with E-state index in [1.165, 1.54) is 11.3 Å². The van der Waals surface area contributed by atoms with E-state index in [-0.39, 0.29) is 17.6 Å². The number of anilines is 1. The zero-order chi connectivity index (χ0) is 26.1. The van der Waals surface area contributed by atoms with Gasteiger partial charge in [0.2, 0.25) is 0 Å². The lowest BCUT2D eigenvalue weighted by Crippen LogP contribution is -2.32. The molecule has 190 valence electrons. The Labute approximate surface area is 215 Å². The Morgan fingerprint density at radius 1 is 1.00 bits per heavy atom. The average molecular weight is 509 g/mol. The fourth-order valence-electron chi connectivity index (χ4n) is 3.81. The Bertz CT molecular complexity index is 1180. The molecule has 0 saturated carbocycles. The molecule has 3 aromatic rings. The summed E-state index contributed by atoms with van der Waals surface area (Å²) in [7, 11) is 0. The maximum atomic E-state index is 13.1. The highest BCUT2D eigenvalue weighted by molar-refractivity contribution is 7.20. The number of nitrogens with two attached hydrogens (primary N) is 2. The van der Waals surface area contributed by atoms with Crippen LogP contribution in [0.1, 0.15) is 60.6 Å². The molecule has 2 atom stereocenters. The number of thiophene rings is 1. The highest BCUT2D eigenvalue weighted by Gasteiger charge is 2.24. The Hall–Kier alpha value is -3.69. The van der Waals surface area contributed by atoms with Gasteiger partial charge in [-0.2, -0.15) is 0 Å². The van der Waals surface area contributed by atoms with E-state index >= 15 is 0 Å². The fraction of sp³-hybridized carbons (Fsp3) is 0.296. The van der Waals surface area contributed by atoms with Gasteiger partial charge in [-0.3, -0.25) is 15.4 Å². The summed E-state index contributed by atoms with van der Waals surface area (Å²) in [5.41, 5.74) is 13.5. The van der Waals surface area contributed by atoms with Crippen LogP contribution in [0.4, 0.5) is 9.80 Å². The van der Waals surface area contributed by atoms with E-state index in [9.17, 15) is 14.4 Å². The maximum Gasteiger partial charge on any atom is 0.328 e. The van der Waals surface area contributed by atoms with Gasteiger partial charge in [-0.15, -0.1) is 11.3 Å². The molecule has 0 aliphatic carbocycles. The zero-order valence-corrected chi connectivity index (χ0v) is 21.3. The SMILES string of the molecule is CCCC(CC)OC(=O)C(NCc1ccc(-c2cc(C(N)=O)c(NC(N)=O)s2)cc1)c1ccccc1. The number of ether oxygens (including phenoxy) is 1. The van der Waals surface area contributed by atoms with Gasteiger partial charge in [-0.25, -0.2) is 9.59 Å². The van der Waals surface area contributed by atoms with E-state index in [0.717, 1.165) is 40.8 Å². The van der Waals surface area contributed by atoms with Crippen LogP contribution in [0, 0.1) is 0 Å². The second kappa shape index (κ2) is 12.9. The largest absolute Gasteiger partial charge is 0.461 e. The molecule has 3 rings (SSSR count). The van der Waals surface area contributed by atoms with Crippen molar-refractivity contribution in [3.63, 3.8) is 0 Å². The van der Waals surface area contributed by atoms with Crippen LogP contribution < -0.4 is 22.1 Å². The predicted octanol–water partition coefficient (Wildman–Crippen LogP) is 4.96. The molecule has 0 radical (unpaired) electrons. The highest BCUT2D eigenvalue weighted by Crippen LogP contribution is 2.35. The van der Waals surface area contributed by atoms with Crippen molar-refractivity contribution in [3.05, 3.63) is 77.4 Å². The molecule has 0 saturated heterocycles. The van der Waals surface area contributed by atoms with Gasteiger partial charge in [-0.05, 0) is 35.6 Å². The van der Waals surface area contributed by atoms with Gasteiger partial charge in [0.05, 0.1) is 5.56 Å². The number of carbonyl (C=O) groups excluding carboxylic acids is 3. The summed E-state index contributed by atoms with van der Waals surface area (Å²) in [6.45, 7) is 4.55. The normalized spacial score (nSPS) is 12.5. The molecule has 8 nitrogen and oxygen atoms in total. The first-order valence-electron chi connectivity index (χ1n) is 11.9. The van der Waals surface area contributed by atoms with Crippen LogP contribution in [-0.2, 0) is 16.1 Å². The second-order valence-electron chi connectivity index (χ2n) is 8.38. The molecule has 0 aliphatic rings. The van der Waals surface area contributed by atoms with E-state index in [0.29, 0.717) is 11.5 Å². The molecule has 2 unspecified atom stereocenters. The van der Waals surface area contributed by atoms with Gasteiger partial charge < -0.3 is 16.2 Å². The quantitative estimate of drug-likeness (QED) is 0.256. The van der Waals surface area contributed by atoms with Crippen LogP contribution in [-0.4, -0.2) is 24.0 Å². The van der Waals surface area contributed by atoms with Crippen LogP contribution >= 0.6 is 11.3 Å². The van der Waals surface area contributed by atoms with Crippen LogP contribution in [0.25, 0.3) is 10.4 Å². The van der Waals surface area contributed by atoms with Crippen molar-refractivity contribution in [1.82, 2.24) is 5.32 Å². The summed E-state index contributed by atoms with van der Waals surface area (Å²) in [5.74, 6) is -0.935. The van der Waals surface area contributed by atoms with Gasteiger partial charge in [0, 0.05) is 11.4 Å². The summed E-state index contributed by atoms with van der Waals surface area (Å²) < 4.78 is 5.81. The van der Waals surface area contributed by atoms with Gasteiger partial charge in [0.15, 0.2) is 0 Å². The smallest absolute Gasteiger partial charge is 0.328 e. The number of urea groups is 1. The number of rotatable bonds is 12. The third kappa shape index (κ3) is 7.16. The van der Waals surface area contributed by atoms with Gasteiger partial charge >= 0.3 is 12.0 Å². The Balaban J connectivity index is 1.74. The van der Waals surface area contributed by atoms with Crippen LogP contribution in [0.15, 0.2) is 60.7 Å². The average Bonchev–Trinajstić information content (AvgIpc) is 3.28. The minimum Gasteiger partial charge on any atom is -0.461 e. The molecule has 6 N–H and O–H groups in total. The molecular weight excluding hydrogens is 476 g/mol. The minimum atomic E-state index is -0.765. The third-order valence-electron chi connectivity index (χ3n) is 5.70. The molecule has 0 spiro atoms. The lowest BCUT2D eigenvalue weighted by Gasteiger charge is -2.22. The molecular formula is C27H32N4O4S. The molecule has 0 bridgehead atoms. The molecule has 1 aromatic heterocycles. The molecule has 0 fully saturated rings. The van der Waals surface area contributed by atoms with Crippen molar-refractivity contribution in [3.8, 4) is 10.4 Å². The Morgan fingerprint density at radius 3 is 2.28 bits per heavy atom. The Kier molecular flexibility index (Phi) is 9.61. The van der Waals surface area contributed by atoms with Crippen molar-refractivity contribution in [2.75, 3.05) is 5.32 Å². The topological polar surface area (TPSA) is 137 Å². The fourth-order valence-corrected chi connectivity index (χ4v) is 4.88. The lowest BCUT2D eigenvalue weighted by molar-refractivity contribution is -0.152. The molecule has 1 heterocycles. The number of esters is 1. The first kappa shape index (κ1) is 26.9. The number of benzene rings is 2. The highest BCUT2D eigenvalue weighted by atomic mass is 32.1. The first-order valence-corrected chi connectivity index (χ1v) is 12.7. The van der Waals surface area contributed by atoms with Crippen molar-refractivity contribution in [2.45, 2.75) is 51.8 Å². The zero-order valence-electron chi connectivity index (χ0n) is 20.5. The van der Waals surface area contributed by atoms with Crippen LogP contribution in [0.5, 0.6) is 0 Å². The molecule has 3 amide bonds. The van der Waals surface area contributed by atoms with Crippen LogP contribution in [0.2, 0.25) is 0 Å². The number of hydrogen-bond donors (Lipinski definition) is 4. The van der Waals surface area contributed by atoms with E-state index in [1.54, 1.807) is 6.07 Å². The minimum absolute atomic E-state index is 0.0974. The van der Waals surface area contributed by atoms with Crippen molar-refractivity contribution >= 4 is 34.2 Å². The van der Waals surface area contributed by atoms with Gasteiger partial charge in [0.25, 0.3) is 5.91 Å². The van der Waals surface area contributed by atoms with Crippen molar-refractivity contribution in [2.24, 2.45) is 11.5 Å². The van der Waals surface area contributed by atoms with E-state index in [4.69, 9.17) is 16.2 Å². The third-order valence-corrected chi connectivity index (χ3v) is 6.80. The molecule has 2 aromatic carbocycles. The number of carbonyl (C=O) groups is 3. The van der Waals surface area contributed by atoms with E-state index < -0.39 is 18.0 Å². The standard InChI is InChI=1S/C27H32N4O4S/c1-3-8-20(4-2)35-26(33)23(19-9-6-5-7-10-19)30-16-17-11-13-18(14-12-17)22-15-21(24(28)32)25(36-22)31-27(29)34/h5-7,9-15,20,23,30H,3-4,8,16H2,1-2H3,(H2,28,32)(H3,29,31,34). The van der Waals surface area contributed by atoms with Crippen molar-refractivity contribution < 1.29 is 19.1 Å². The summed E-state index contributed by atoms with van der Waals surface area (Å²) in [4.78, 5) is 36.8. The van der Waals surface area contributed by atoms with E-state index in [1.807, 2.05) is 61.5 Å². The maximum absolute atomic E-state index is 13.1. The predicted molar refractivity (Wildman–Crippen MR) is 143 cm³/mol. The number of hydrogen-bond acceptors (Lipinski definition) is 6. The van der Waals surface area contributed by atoms with E-state index in [2.05, 4.69) is 17.6 Å². The second-order valence-corrected chi connectivity index (χ2v) is 9.44. The summed E-state index contributed by atoms with van der Waals surface area (Å²) >= 11 is 1.22. The summed E-state index contributed by atoms with van der Waals surface area (Å²) in [5, 5.41) is 6.09. The first-order chi connectivity index (χ1) is 17.3. The molecule has 0 aliphatic heterocycles. The number of amides is 3. The number of primary amides is 2.